The first-order valence-electron chi connectivity index (χ1n) is 9.24. The molecule has 2 aliphatic rings. The predicted octanol–water partition coefficient (Wildman–Crippen LogP) is 4.58. The molecule has 3 heterocycles. The van der Waals surface area contributed by atoms with Crippen molar-refractivity contribution in [2.75, 3.05) is 12.4 Å². The number of hydrogen-bond acceptors (Lipinski definition) is 5. The van der Waals surface area contributed by atoms with Gasteiger partial charge in [0, 0.05) is 40.6 Å². The summed E-state index contributed by atoms with van der Waals surface area (Å²) in [5.74, 6) is 2.31. The van der Waals surface area contributed by atoms with Crippen LogP contribution in [0.5, 0.6) is 5.75 Å². The van der Waals surface area contributed by atoms with Crippen molar-refractivity contribution in [1.29, 1.82) is 0 Å². The van der Waals surface area contributed by atoms with Gasteiger partial charge in [-0.3, -0.25) is 9.98 Å². The summed E-state index contributed by atoms with van der Waals surface area (Å²) in [6.45, 7) is 2.92. The first-order valence-corrected chi connectivity index (χ1v) is 10.2. The molecule has 3 aromatic rings. The van der Waals surface area contributed by atoms with Gasteiger partial charge in [-0.15, -0.1) is 0 Å². The highest BCUT2D eigenvalue weighted by Gasteiger charge is 2.42. The Morgan fingerprint density at radius 2 is 2.07 bits per heavy atom. The number of aromatic nitrogens is 1. The monoisotopic (exact) mass is 375 g/mol. The molecule has 0 saturated heterocycles. The normalized spacial score (nSPS) is 24.3. The van der Waals surface area contributed by atoms with Gasteiger partial charge in [0.1, 0.15) is 5.75 Å². The number of thioether (sulfide) groups is 1. The van der Waals surface area contributed by atoms with Crippen LogP contribution in [-0.4, -0.2) is 22.5 Å². The van der Waals surface area contributed by atoms with E-state index in [2.05, 4.69) is 48.3 Å². The maximum absolute atomic E-state index is 6.12. The third-order valence-electron chi connectivity index (χ3n) is 5.80. The zero-order valence-corrected chi connectivity index (χ0v) is 16.0. The summed E-state index contributed by atoms with van der Waals surface area (Å²) < 4.78 is 6.08. The molecule has 0 fully saturated rings. The number of fused-ring (bicyclic) bond motifs is 4. The smallest absolute Gasteiger partial charge is 0.154 e. The molecule has 0 saturated carbocycles. The Balaban J connectivity index is 1.72. The standard InChI is InChI=1S/C22H21N3OS/c1-22-16(13-27-21(23)25-22)8-9-26-20-7-6-14(10-19(20)22)18-12-24-11-15-4-2-3-5-17(15)18/h2-7,10-12,16H,8-9,13H2,1H3,(H2,23,25). The minimum absolute atomic E-state index is 0.352. The van der Waals surface area contributed by atoms with Crippen LogP contribution in [0, 0.1) is 5.92 Å². The first kappa shape index (κ1) is 16.6. The van der Waals surface area contributed by atoms with Crippen molar-refractivity contribution in [1.82, 2.24) is 4.98 Å². The average Bonchev–Trinajstić information content (AvgIpc) is 2.83. The number of nitrogens with two attached hydrogens (primary N) is 1. The van der Waals surface area contributed by atoms with Crippen LogP contribution in [0.25, 0.3) is 21.9 Å². The second kappa shape index (κ2) is 6.27. The molecule has 2 N–H and O–H groups in total. The topological polar surface area (TPSA) is 60.5 Å². The highest BCUT2D eigenvalue weighted by atomic mass is 32.2. The van der Waals surface area contributed by atoms with Crippen LogP contribution in [0.15, 0.2) is 59.9 Å². The lowest BCUT2D eigenvalue weighted by molar-refractivity contribution is 0.271. The molecular formula is C22H21N3OS. The molecule has 136 valence electrons. The van der Waals surface area contributed by atoms with E-state index in [-0.39, 0.29) is 5.54 Å². The summed E-state index contributed by atoms with van der Waals surface area (Å²) in [7, 11) is 0. The van der Waals surface area contributed by atoms with Gasteiger partial charge in [-0.05, 0) is 36.4 Å². The van der Waals surface area contributed by atoms with E-state index in [1.54, 1.807) is 11.8 Å². The largest absolute Gasteiger partial charge is 0.493 e. The number of benzene rings is 2. The zero-order valence-electron chi connectivity index (χ0n) is 15.2. The quantitative estimate of drug-likeness (QED) is 0.676. The van der Waals surface area contributed by atoms with Gasteiger partial charge in [-0.2, -0.15) is 0 Å². The Labute approximate surface area is 162 Å². The fourth-order valence-electron chi connectivity index (χ4n) is 4.22. The number of amidine groups is 1. The van der Waals surface area contributed by atoms with Crippen LogP contribution >= 0.6 is 11.8 Å². The molecule has 0 spiro atoms. The number of ether oxygens (including phenoxy) is 1. The molecule has 1 aromatic heterocycles. The molecular weight excluding hydrogens is 354 g/mol. The van der Waals surface area contributed by atoms with Crippen molar-refractivity contribution >= 4 is 27.7 Å². The van der Waals surface area contributed by atoms with Gasteiger partial charge >= 0.3 is 0 Å². The molecule has 0 amide bonds. The van der Waals surface area contributed by atoms with Crippen LogP contribution in [-0.2, 0) is 5.54 Å². The van der Waals surface area contributed by atoms with Crippen molar-refractivity contribution < 1.29 is 4.74 Å². The Morgan fingerprint density at radius 3 is 3.00 bits per heavy atom. The highest BCUT2D eigenvalue weighted by molar-refractivity contribution is 8.13. The number of rotatable bonds is 1. The van der Waals surface area contributed by atoms with E-state index in [1.807, 2.05) is 18.5 Å². The van der Waals surface area contributed by atoms with Gasteiger partial charge in [0.05, 0.1) is 12.1 Å². The van der Waals surface area contributed by atoms with Crippen LogP contribution in [0.4, 0.5) is 0 Å². The van der Waals surface area contributed by atoms with Crippen LogP contribution in [0.2, 0.25) is 0 Å². The lowest BCUT2D eigenvalue weighted by Gasteiger charge is -2.36. The Morgan fingerprint density at radius 1 is 1.19 bits per heavy atom. The molecule has 0 radical (unpaired) electrons. The van der Waals surface area contributed by atoms with Crippen LogP contribution in [0.3, 0.4) is 0 Å². The maximum atomic E-state index is 6.12. The third kappa shape index (κ3) is 2.69. The minimum atomic E-state index is -0.352. The number of aliphatic imine (C=N–C) groups is 1. The molecule has 4 nitrogen and oxygen atoms in total. The zero-order chi connectivity index (χ0) is 18.4. The summed E-state index contributed by atoms with van der Waals surface area (Å²) in [5.41, 5.74) is 9.15. The third-order valence-corrected chi connectivity index (χ3v) is 6.75. The van der Waals surface area contributed by atoms with Crippen molar-refractivity contribution in [2.45, 2.75) is 18.9 Å². The SMILES string of the molecule is CC12N=C(N)SCC1CCOc1ccc(-c3cncc4ccccc34)cc12. The number of hydrogen-bond donors (Lipinski definition) is 1. The summed E-state index contributed by atoms with van der Waals surface area (Å²) in [5, 5.41) is 3.01. The fraction of sp³-hybridized carbons (Fsp3) is 0.273. The highest BCUT2D eigenvalue weighted by Crippen LogP contribution is 2.48. The number of pyridine rings is 1. The van der Waals surface area contributed by atoms with Gasteiger partial charge in [-0.1, -0.05) is 42.1 Å². The second-order valence-corrected chi connectivity index (χ2v) is 8.40. The van der Waals surface area contributed by atoms with Crippen LogP contribution in [0.1, 0.15) is 18.9 Å². The van der Waals surface area contributed by atoms with Crippen molar-refractivity contribution in [2.24, 2.45) is 16.6 Å². The van der Waals surface area contributed by atoms with Crippen LogP contribution < -0.4 is 10.5 Å². The summed E-state index contributed by atoms with van der Waals surface area (Å²) in [6, 6.07) is 14.8. The molecule has 2 aliphatic heterocycles. The van der Waals surface area contributed by atoms with E-state index < -0.39 is 0 Å². The molecule has 2 atom stereocenters. The van der Waals surface area contributed by atoms with E-state index in [4.69, 9.17) is 15.5 Å². The van der Waals surface area contributed by atoms with E-state index >= 15 is 0 Å². The molecule has 2 aromatic carbocycles. The fourth-order valence-corrected chi connectivity index (χ4v) is 5.34. The Bertz CT molecular complexity index is 1060. The Kier molecular flexibility index (Phi) is 3.86. The lowest BCUT2D eigenvalue weighted by Crippen LogP contribution is -2.37. The average molecular weight is 375 g/mol. The van der Waals surface area contributed by atoms with E-state index in [9.17, 15) is 0 Å². The minimum Gasteiger partial charge on any atom is -0.493 e. The molecule has 5 rings (SSSR count). The van der Waals surface area contributed by atoms with Crippen molar-refractivity contribution in [3.63, 3.8) is 0 Å². The maximum Gasteiger partial charge on any atom is 0.154 e. The molecule has 0 aliphatic carbocycles. The van der Waals surface area contributed by atoms with Crippen molar-refractivity contribution in [3.8, 4) is 16.9 Å². The summed E-state index contributed by atoms with van der Waals surface area (Å²) >= 11 is 1.65. The molecule has 0 bridgehead atoms. The van der Waals surface area contributed by atoms with Gasteiger partial charge in [0.2, 0.25) is 0 Å². The molecule has 27 heavy (non-hydrogen) atoms. The lowest BCUT2D eigenvalue weighted by atomic mass is 9.78. The van der Waals surface area contributed by atoms with Gasteiger partial charge < -0.3 is 10.5 Å². The van der Waals surface area contributed by atoms with Gasteiger partial charge in [0.15, 0.2) is 5.17 Å². The molecule has 2 unspecified atom stereocenters. The summed E-state index contributed by atoms with van der Waals surface area (Å²) in [6.07, 6.45) is 4.84. The van der Waals surface area contributed by atoms with E-state index in [0.717, 1.165) is 46.6 Å². The van der Waals surface area contributed by atoms with E-state index in [1.165, 1.54) is 5.39 Å². The van der Waals surface area contributed by atoms with Crippen molar-refractivity contribution in [3.05, 3.63) is 60.4 Å². The summed E-state index contributed by atoms with van der Waals surface area (Å²) in [4.78, 5) is 9.34. The number of nitrogens with zero attached hydrogens (tertiary/aromatic N) is 2. The second-order valence-electron chi connectivity index (χ2n) is 7.36. The van der Waals surface area contributed by atoms with Gasteiger partial charge in [-0.25, -0.2) is 0 Å². The molecule has 5 heteroatoms. The van der Waals surface area contributed by atoms with Gasteiger partial charge in [0.25, 0.3) is 0 Å². The predicted molar refractivity (Wildman–Crippen MR) is 112 cm³/mol. The first-order chi connectivity index (χ1) is 13.1. The van der Waals surface area contributed by atoms with E-state index in [0.29, 0.717) is 11.1 Å². The Hall–Kier alpha value is -2.53.